The SMILES string of the molecule is NC1C(=O)N2C1SCC(O)C2C(=O)O. The molecule has 0 aromatic rings. The van der Waals surface area contributed by atoms with E-state index in [1.165, 1.54) is 11.8 Å². The van der Waals surface area contributed by atoms with Crippen molar-refractivity contribution in [1.82, 2.24) is 4.90 Å². The lowest BCUT2D eigenvalue weighted by Crippen LogP contribution is -2.75. The minimum atomic E-state index is -1.18. The number of carboxylic acids is 1. The normalized spacial score (nSPS) is 41.6. The first-order chi connectivity index (χ1) is 6.54. The van der Waals surface area contributed by atoms with Gasteiger partial charge in [0, 0.05) is 5.75 Å². The summed E-state index contributed by atoms with van der Waals surface area (Å²) in [5.41, 5.74) is 5.50. The minimum Gasteiger partial charge on any atom is -0.480 e. The molecule has 14 heavy (non-hydrogen) atoms. The van der Waals surface area contributed by atoms with Gasteiger partial charge < -0.3 is 20.8 Å². The van der Waals surface area contributed by atoms with E-state index in [4.69, 9.17) is 10.8 Å². The van der Waals surface area contributed by atoms with Crippen molar-refractivity contribution >= 4 is 23.6 Å². The van der Waals surface area contributed by atoms with Gasteiger partial charge in [-0.15, -0.1) is 11.8 Å². The Morgan fingerprint density at radius 1 is 1.64 bits per heavy atom. The van der Waals surface area contributed by atoms with Crippen LogP contribution in [0.2, 0.25) is 0 Å². The van der Waals surface area contributed by atoms with Crippen molar-refractivity contribution in [3.63, 3.8) is 0 Å². The third kappa shape index (κ3) is 1.13. The molecule has 78 valence electrons. The van der Waals surface area contributed by atoms with Crippen molar-refractivity contribution in [2.24, 2.45) is 5.73 Å². The third-order valence-electron chi connectivity index (χ3n) is 2.48. The van der Waals surface area contributed by atoms with Gasteiger partial charge in [0.1, 0.15) is 11.4 Å². The Morgan fingerprint density at radius 2 is 2.29 bits per heavy atom. The zero-order chi connectivity index (χ0) is 10.5. The fourth-order valence-corrected chi connectivity index (χ4v) is 3.04. The Bertz CT molecular complexity index is 297. The lowest BCUT2D eigenvalue weighted by molar-refractivity contribution is -0.165. The third-order valence-corrected chi connectivity index (χ3v) is 3.87. The highest BCUT2D eigenvalue weighted by Gasteiger charge is 2.55. The number of aliphatic hydroxyl groups excluding tert-OH is 1. The molecule has 0 aliphatic carbocycles. The van der Waals surface area contributed by atoms with Crippen molar-refractivity contribution in [3.8, 4) is 0 Å². The summed E-state index contributed by atoms with van der Waals surface area (Å²) in [6.45, 7) is 0. The number of fused-ring (bicyclic) bond motifs is 1. The molecule has 0 spiro atoms. The van der Waals surface area contributed by atoms with E-state index in [1.807, 2.05) is 0 Å². The Hall–Kier alpha value is -0.790. The van der Waals surface area contributed by atoms with Crippen LogP contribution in [0.15, 0.2) is 0 Å². The molecule has 7 heteroatoms. The molecule has 2 rings (SSSR count). The van der Waals surface area contributed by atoms with E-state index in [2.05, 4.69) is 0 Å². The van der Waals surface area contributed by atoms with Gasteiger partial charge in [-0.2, -0.15) is 0 Å². The molecule has 2 saturated heterocycles. The van der Waals surface area contributed by atoms with Crippen molar-refractivity contribution in [2.45, 2.75) is 23.6 Å². The monoisotopic (exact) mass is 218 g/mol. The lowest BCUT2D eigenvalue weighted by atomic mass is 10.0. The van der Waals surface area contributed by atoms with Gasteiger partial charge in [-0.05, 0) is 0 Å². The van der Waals surface area contributed by atoms with Gasteiger partial charge in [0.05, 0.1) is 6.10 Å². The summed E-state index contributed by atoms with van der Waals surface area (Å²) in [6.07, 6.45) is -1.01. The second-order valence-corrected chi connectivity index (χ2v) is 4.50. The summed E-state index contributed by atoms with van der Waals surface area (Å²) in [5.74, 6) is -1.27. The van der Waals surface area contributed by atoms with Crippen molar-refractivity contribution in [3.05, 3.63) is 0 Å². The molecular formula is C7H10N2O4S. The van der Waals surface area contributed by atoms with Crippen LogP contribution in [0, 0.1) is 0 Å². The van der Waals surface area contributed by atoms with E-state index >= 15 is 0 Å². The Labute approximate surface area is 84.1 Å². The van der Waals surface area contributed by atoms with E-state index in [1.54, 1.807) is 0 Å². The number of amides is 1. The predicted molar refractivity (Wildman–Crippen MR) is 48.5 cm³/mol. The van der Waals surface area contributed by atoms with Crippen LogP contribution in [0.3, 0.4) is 0 Å². The number of β-lactam (4-membered cyclic amide) rings is 1. The molecule has 0 saturated carbocycles. The molecule has 0 aromatic carbocycles. The molecule has 2 heterocycles. The zero-order valence-electron chi connectivity index (χ0n) is 7.16. The van der Waals surface area contributed by atoms with Gasteiger partial charge in [-0.1, -0.05) is 0 Å². The number of aliphatic hydroxyl groups is 1. The van der Waals surface area contributed by atoms with Crippen LogP contribution in [0.1, 0.15) is 0 Å². The standard InChI is InChI=1S/C7H10N2O4S/c8-3-5(11)9-4(7(12)13)2(10)1-14-6(3)9/h2-4,6,10H,1,8H2,(H,12,13). The number of carboxylic acid groups (broad SMARTS) is 1. The van der Waals surface area contributed by atoms with Crippen LogP contribution in [0.4, 0.5) is 0 Å². The summed E-state index contributed by atoms with van der Waals surface area (Å²) in [6, 6.07) is -1.75. The van der Waals surface area contributed by atoms with Gasteiger partial charge in [0.2, 0.25) is 5.91 Å². The smallest absolute Gasteiger partial charge is 0.329 e. The molecule has 4 atom stereocenters. The minimum absolute atomic E-state index is 0.285. The Kier molecular flexibility index (Phi) is 2.17. The number of rotatable bonds is 1. The first-order valence-electron chi connectivity index (χ1n) is 4.14. The second-order valence-electron chi connectivity index (χ2n) is 3.35. The highest BCUT2D eigenvalue weighted by molar-refractivity contribution is 8.00. The molecule has 0 aromatic heterocycles. The van der Waals surface area contributed by atoms with E-state index in [-0.39, 0.29) is 5.37 Å². The molecule has 4 unspecified atom stereocenters. The molecule has 2 aliphatic rings. The average molecular weight is 218 g/mol. The zero-order valence-corrected chi connectivity index (χ0v) is 7.98. The fourth-order valence-electron chi connectivity index (χ4n) is 1.75. The van der Waals surface area contributed by atoms with Crippen molar-refractivity contribution in [2.75, 3.05) is 5.75 Å². The summed E-state index contributed by atoms with van der Waals surface area (Å²) in [5, 5.41) is 18.0. The lowest BCUT2D eigenvalue weighted by Gasteiger charge is -2.51. The molecule has 2 fully saturated rings. The van der Waals surface area contributed by atoms with Gasteiger partial charge in [0.25, 0.3) is 0 Å². The number of nitrogens with zero attached hydrogens (tertiary/aromatic N) is 1. The van der Waals surface area contributed by atoms with Gasteiger partial charge >= 0.3 is 5.97 Å². The summed E-state index contributed by atoms with van der Waals surface area (Å²) in [7, 11) is 0. The molecular weight excluding hydrogens is 208 g/mol. The highest BCUT2D eigenvalue weighted by atomic mass is 32.2. The maximum atomic E-state index is 11.3. The number of carbonyl (C=O) groups excluding carboxylic acids is 1. The van der Waals surface area contributed by atoms with Crippen LogP contribution < -0.4 is 5.73 Å². The predicted octanol–water partition coefficient (Wildman–Crippen LogP) is -1.96. The maximum Gasteiger partial charge on any atom is 0.329 e. The topological polar surface area (TPSA) is 104 Å². The van der Waals surface area contributed by atoms with Crippen LogP contribution in [0.5, 0.6) is 0 Å². The van der Waals surface area contributed by atoms with Gasteiger partial charge in [-0.25, -0.2) is 4.79 Å². The molecule has 4 N–H and O–H groups in total. The van der Waals surface area contributed by atoms with E-state index in [9.17, 15) is 14.7 Å². The molecule has 6 nitrogen and oxygen atoms in total. The summed E-state index contributed by atoms with van der Waals surface area (Å²) < 4.78 is 0. The average Bonchev–Trinajstić information content (AvgIpc) is 2.15. The van der Waals surface area contributed by atoms with Gasteiger partial charge in [0.15, 0.2) is 6.04 Å². The maximum absolute atomic E-state index is 11.3. The van der Waals surface area contributed by atoms with Crippen molar-refractivity contribution < 1.29 is 19.8 Å². The van der Waals surface area contributed by atoms with Crippen LogP contribution >= 0.6 is 11.8 Å². The largest absolute Gasteiger partial charge is 0.480 e. The van der Waals surface area contributed by atoms with Crippen LogP contribution in [0.25, 0.3) is 0 Å². The molecule has 0 radical (unpaired) electrons. The van der Waals surface area contributed by atoms with E-state index in [0.29, 0.717) is 5.75 Å². The van der Waals surface area contributed by atoms with E-state index in [0.717, 1.165) is 4.90 Å². The second kappa shape index (κ2) is 3.11. The highest BCUT2D eigenvalue weighted by Crippen LogP contribution is 2.37. The molecule has 0 bridgehead atoms. The van der Waals surface area contributed by atoms with Crippen molar-refractivity contribution in [1.29, 1.82) is 0 Å². The Balaban J connectivity index is 2.21. The molecule has 2 aliphatic heterocycles. The number of carbonyl (C=O) groups is 2. The number of hydrogen-bond acceptors (Lipinski definition) is 5. The van der Waals surface area contributed by atoms with Crippen LogP contribution in [-0.4, -0.2) is 56.3 Å². The number of nitrogens with two attached hydrogens (primary N) is 1. The first kappa shape index (κ1) is 9.75. The van der Waals surface area contributed by atoms with Gasteiger partial charge in [-0.3, -0.25) is 4.79 Å². The van der Waals surface area contributed by atoms with Crippen LogP contribution in [-0.2, 0) is 9.59 Å². The van der Waals surface area contributed by atoms with E-state index < -0.39 is 30.1 Å². The summed E-state index contributed by atoms with van der Waals surface area (Å²) in [4.78, 5) is 23.2. The number of thioether (sulfide) groups is 1. The first-order valence-corrected chi connectivity index (χ1v) is 5.19. The quantitative estimate of drug-likeness (QED) is 0.442. The molecule has 1 amide bonds. The Morgan fingerprint density at radius 3 is 2.86 bits per heavy atom. The fraction of sp³-hybridized carbons (Fsp3) is 0.714. The number of hydrogen-bond donors (Lipinski definition) is 3. The number of aliphatic carboxylic acids is 1. The summed E-state index contributed by atoms with van der Waals surface area (Å²) >= 11 is 1.32.